The van der Waals surface area contributed by atoms with Crippen LogP contribution in [-0.4, -0.2) is 30.3 Å². The van der Waals surface area contributed by atoms with Crippen LogP contribution in [0.2, 0.25) is 0 Å². The van der Waals surface area contributed by atoms with Gasteiger partial charge in [-0.25, -0.2) is 4.79 Å². The lowest BCUT2D eigenvalue weighted by atomic mass is 10.1. The molecule has 24 heavy (non-hydrogen) atoms. The Morgan fingerprint density at radius 3 is 2.88 bits per heavy atom. The van der Waals surface area contributed by atoms with Crippen LogP contribution >= 0.6 is 11.3 Å². The standard InChI is InChI=1S/C18H23N3O2S/c1-13(7-10-22)19-18(23)20-15-2-4-16(5-3-15)21-9-6-17-14(12-21)8-11-24-17/h2-5,8,11,13,22H,6-7,9-10,12H2,1H3,(H2,19,20,23)/t13-/m1/s1. The van der Waals surface area contributed by atoms with Crippen molar-refractivity contribution >= 4 is 28.7 Å². The number of urea groups is 1. The zero-order chi connectivity index (χ0) is 16.9. The third-order valence-electron chi connectivity index (χ3n) is 4.24. The van der Waals surface area contributed by atoms with Crippen molar-refractivity contribution in [1.29, 1.82) is 0 Å². The molecule has 0 spiro atoms. The van der Waals surface area contributed by atoms with Gasteiger partial charge in [-0.05, 0) is 61.0 Å². The number of carbonyl (C=O) groups excluding carboxylic acids is 1. The molecule has 2 amide bonds. The molecule has 128 valence electrons. The quantitative estimate of drug-likeness (QED) is 0.780. The van der Waals surface area contributed by atoms with Crippen LogP contribution in [0.1, 0.15) is 23.8 Å². The van der Waals surface area contributed by atoms with Crippen LogP contribution in [0.25, 0.3) is 0 Å². The van der Waals surface area contributed by atoms with Crippen LogP contribution in [0, 0.1) is 0 Å². The average Bonchev–Trinajstić information content (AvgIpc) is 3.03. The van der Waals surface area contributed by atoms with Crippen molar-refractivity contribution < 1.29 is 9.90 Å². The second-order valence-electron chi connectivity index (χ2n) is 6.10. The van der Waals surface area contributed by atoms with E-state index in [0.29, 0.717) is 6.42 Å². The number of fused-ring (bicyclic) bond motifs is 1. The van der Waals surface area contributed by atoms with E-state index in [1.807, 2.05) is 42.5 Å². The number of aliphatic hydroxyl groups is 1. The Morgan fingerprint density at radius 1 is 1.33 bits per heavy atom. The first-order valence-corrected chi connectivity index (χ1v) is 9.12. The second kappa shape index (κ2) is 7.68. The van der Waals surface area contributed by atoms with Gasteiger partial charge in [-0.3, -0.25) is 0 Å². The Morgan fingerprint density at radius 2 is 2.12 bits per heavy atom. The predicted molar refractivity (Wildman–Crippen MR) is 98.8 cm³/mol. The fourth-order valence-corrected chi connectivity index (χ4v) is 3.77. The summed E-state index contributed by atoms with van der Waals surface area (Å²) in [6.07, 6.45) is 1.64. The van der Waals surface area contributed by atoms with E-state index in [2.05, 4.69) is 27.0 Å². The zero-order valence-corrected chi connectivity index (χ0v) is 14.6. The Hall–Kier alpha value is -2.05. The van der Waals surface area contributed by atoms with Crippen molar-refractivity contribution in [2.24, 2.45) is 0 Å². The maximum Gasteiger partial charge on any atom is 0.319 e. The van der Waals surface area contributed by atoms with E-state index in [4.69, 9.17) is 5.11 Å². The van der Waals surface area contributed by atoms with Gasteiger partial charge in [0.15, 0.2) is 0 Å². The molecule has 1 atom stereocenters. The Labute approximate surface area is 146 Å². The van der Waals surface area contributed by atoms with Crippen LogP contribution in [0.4, 0.5) is 16.2 Å². The number of nitrogens with one attached hydrogen (secondary N) is 2. The van der Waals surface area contributed by atoms with Gasteiger partial charge in [0.2, 0.25) is 0 Å². The molecule has 0 bridgehead atoms. The molecule has 2 aromatic rings. The third kappa shape index (κ3) is 4.07. The fourth-order valence-electron chi connectivity index (χ4n) is 2.88. The summed E-state index contributed by atoms with van der Waals surface area (Å²) in [6.45, 7) is 3.91. The van der Waals surface area contributed by atoms with E-state index in [9.17, 15) is 4.79 Å². The number of hydrogen-bond acceptors (Lipinski definition) is 4. The van der Waals surface area contributed by atoms with Gasteiger partial charge in [-0.1, -0.05) is 0 Å². The van der Waals surface area contributed by atoms with Crippen molar-refractivity contribution in [3.05, 3.63) is 46.2 Å². The SMILES string of the molecule is C[C@H](CCO)NC(=O)Nc1ccc(N2CCc3sccc3C2)cc1. The molecule has 2 heterocycles. The highest BCUT2D eigenvalue weighted by Gasteiger charge is 2.17. The number of rotatable bonds is 5. The first-order chi connectivity index (χ1) is 11.7. The summed E-state index contributed by atoms with van der Waals surface area (Å²) in [6, 6.07) is 9.85. The van der Waals surface area contributed by atoms with Crippen LogP contribution in [0.3, 0.4) is 0 Å². The maximum atomic E-state index is 11.9. The first kappa shape index (κ1) is 16.8. The van der Waals surface area contributed by atoms with E-state index in [1.165, 1.54) is 16.1 Å². The molecule has 0 saturated carbocycles. The van der Waals surface area contributed by atoms with E-state index in [0.717, 1.165) is 25.2 Å². The summed E-state index contributed by atoms with van der Waals surface area (Å²) in [5, 5.41) is 16.6. The van der Waals surface area contributed by atoms with Crippen LogP contribution in [-0.2, 0) is 13.0 Å². The van der Waals surface area contributed by atoms with Gasteiger partial charge in [-0.2, -0.15) is 0 Å². The first-order valence-electron chi connectivity index (χ1n) is 8.24. The zero-order valence-electron chi connectivity index (χ0n) is 13.8. The summed E-state index contributed by atoms with van der Waals surface area (Å²) in [4.78, 5) is 15.7. The van der Waals surface area contributed by atoms with Gasteiger partial charge in [-0.15, -0.1) is 11.3 Å². The van der Waals surface area contributed by atoms with E-state index >= 15 is 0 Å². The van der Waals surface area contributed by atoms with E-state index < -0.39 is 0 Å². The number of nitrogens with zero attached hydrogens (tertiary/aromatic N) is 1. The molecular formula is C18H23N3O2S. The van der Waals surface area contributed by atoms with Gasteiger partial charge >= 0.3 is 6.03 Å². The largest absolute Gasteiger partial charge is 0.396 e. The van der Waals surface area contributed by atoms with Crippen molar-refractivity contribution in [3.8, 4) is 0 Å². The monoisotopic (exact) mass is 345 g/mol. The topological polar surface area (TPSA) is 64.6 Å². The summed E-state index contributed by atoms with van der Waals surface area (Å²) in [5.74, 6) is 0. The molecule has 1 aliphatic rings. The lowest BCUT2D eigenvalue weighted by molar-refractivity contribution is 0.241. The number of thiophene rings is 1. The molecule has 3 rings (SSSR count). The molecule has 0 saturated heterocycles. The number of carbonyl (C=O) groups is 1. The number of aliphatic hydroxyl groups excluding tert-OH is 1. The minimum absolute atomic E-state index is 0.0533. The lowest BCUT2D eigenvalue weighted by Crippen LogP contribution is -2.36. The van der Waals surface area contributed by atoms with Crippen LogP contribution in [0.5, 0.6) is 0 Å². The minimum Gasteiger partial charge on any atom is -0.396 e. The normalized spacial score (nSPS) is 14.8. The maximum absolute atomic E-state index is 11.9. The van der Waals surface area contributed by atoms with Gasteiger partial charge in [0.1, 0.15) is 0 Å². The Bertz CT molecular complexity index is 684. The number of hydrogen-bond donors (Lipinski definition) is 3. The summed E-state index contributed by atoms with van der Waals surface area (Å²) in [7, 11) is 0. The molecule has 1 aromatic heterocycles. The number of amides is 2. The second-order valence-corrected chi connectivity index (χ2v) is 7.10. The Kier molecular flexibility index (Phi) is 5.37. The van der Waals surface area contributed by atoms with Gasteiger partial charge in [0.25, 0.3) is 0 Å². The smallest absolute Gasteiger partial charge is 0.319 e. The van der Waals surface area contributed by atoms with E-state index in [1.54, 1.807) is 0 Å². The van der Waals surface area contributed by atoms with Gasteiger partial charge in [0, 0.05) is 42.0 Å². The lowest BCUT2D eigenvalue weighted by Gasteiger charge is -2.29. The van der Waals surface area contributed by atoms with E-state index in [-0.39, 0.29) is 18.7 Å². The molecule has 1 aromatic carbocycles. The molecular weight excluding hydrogens is 322 g/mol. The number of anilines is 2. The molecule has 0 fully saturated rings. The van der Waals surface area contributed by atoms with Crippen molar-refractivity contribution in [1.82, 2.24) is 5.32 Å². The molecule has 0 unspecified atom stereocenters. The van der Waals surface area contributed by atoms with Crippen molar-refractivity contribution in [3.63, 3.8) is 0 Å². The summed E-state index contributed by atoms with van der Waals surface area (Å²) < 4.78 is 0. The third-order valence-corrected chi connectivity index (χ3v) is 5.26. The van der Waals surface area contributed by atoms with Crippen molar-refractivity contribution in [2.45, 2.75) is 32.4 Å². The summed E-state index contributed by atoms with van der Waals surface area (Å²) in [5.41, 5.74) is 3.36. The molecule has 0 radical (unpaired) electrons. The average molecular weight is 345 g/mol. The van der Waals surface area contributed by atoms with Crippen LogP contribution in [0.15, 0.2) is 35.7 Å². The molecule has 1 aliphatic heterocycles. The minimum atomic E-state index is -0.246. The van der Waals surface area contributed by atoms with Crippen molar-refractivity contribution in [2.75, 3.05) is 23.4 Å². The van der Waals surface area contributed by atoms with Crippen LogP contribution < -0.4 is 15.5 Å². The number of benzene rings is 1. The fraction of sp³-hybridized carbons (Fsp3) is 0.389. The van der Waals surface area contributed by atoms with Gasteiger partial charge < -0.3 is 20.6 Å². The van der Waals surface area contributed by atoms with Gasteiger partial charge in [0.05, 0.1) is 0 Å². The predicted octanol–water partition coefficient (Wildman–Crippen LogP) is 3.20. The summed E-state index contributed by atoms with van der Waals surface area (Å²) >= 11 is 1.84. The molecule has 0 aliphatic carbocycles. The highest BCUT2D eigenvalue weighted by atomic mass is 32.1. The molecule has 3 N–H and O–H groups in total. The molecule has 5 nitrogen and oxygen atoms in total. The highest BCUT2D eigenvalue weighted by molar-refractivity contribution is 7.10. The highest BCUT2D eigenvalue weighted by Crippen LogP contribution is 2.28. The Balaban J connectivity index is 1.57. The molecule has 6 heteroatoms.